The van der Waals surface area contributed by atoms with Crippen LogP contribution < -0.4 is 0 Å². The van der Waals surface area contributed by atoms with Gasteiger partial charge in [0.25, 0.3) is 0 Å². The molecule has 5 heterocycles. The molecule has 0 unspecified atom stereocenters. The van der Waals surface area contributed by atoms with Gasteiger partial charge in [-0.25, -0.2) is 4.98 Å². The fraction of sp³-hybridized carbons (Fsp3) is 0.140. The number of H-pyrrole nitrogens is 3. The molecule has 0 aliphatic carbocycles. The Hall–Kier alpha value is -6.87. The molecule has 0 fully saturated rings. The molecule has 338 valence electrons. The number of nitrogens with zero attached hydrogens (tertiary/aromatic N) is 1. The Bertz CT molecular complexity index is 3080. The molecular formula is C43H20F18N4. The fourth-order valence-corrected chi connectivity index (χ4v) is 7.37. The Kier molecular flexibility index (Phi) is 10.2. The van der Waals surface area contributed by atoms with E-state index in [0.717, 1.165) is 30.3 Å². The van der Waals surface area contributed by atoms with E-state index in [2.05, 4.69) is 19.9 Å². The van der Waals surface area contributed by atoms with Gasteiger partial charge in [-0.1, -0.05) is 0 Å². The molecule has 0 amide bonds. The summed E-state index contributed by atoms with van der Waals surface area (Å²) >= 11 is 0. The maximum Gasteiger partial charge on any atom is 0.416 e. The van der Waals surface area contributed by atoms with Crippen molar-refractivity contribution in [3.63, 3.8) is 0 Å². The molecule has 1 aliphatic heterocycles. The zero-order valence-corrected chi connectivity index (χ0v) is 31.6. The number of fused-ring (bicyclic) bond motifs is 9. The van der Waals surface area contributed by atoms with Crippen molar-refractivity contribution in [1.82, 2.24) is 19.9 Å². The largest absolute Gasteiger partial charge is 0.416 e. The highest BCUT2D eigenvalue weighted by Crippen LogP contribution is 2.45. The van der Waals surface area contributed by atoms with Crippen LogP contribution in [0.25, 0.3) is 78.6 Å². The molecule has 0 saturated heterocycles. The SMILES string of the molecule is FC(F)(F)c1cc(-c2c3nc(c4ccc([nH]4)c(-c4cc(C(F)(F)F)cc(C(F)(F)F)c4)c4ccc([nH]4)c(-c4cc(C(F)(F)F)cc(C(F)(F)F)c4)c4ccc2[nH]4)C=C3)cc(C(F)(F)F)c1. The van der Waals surface area contributed by atoms with Crippen LogP contribution in [0.5, 0.6) is 0 Å². The Morgan fingerprint density at radius 3 is 0.800 bits per heavy atom. The molecule has 1 aliphatic rings. The van der Waals surface area contributed by atoms with Gasteiger partial charge in [0.2, 0.25) is 0 Å². The van der Waals surface area contributed by atoms with Gasteiger partial charge >= 0.3 is 37.1 Å². The number of nitrogens with one attached hydrogen (secondary N) is 3. The van der Waals surface area contributed by atoms with Gasteiger partial charge in [-0.2, -0.15) is 79.0 Å². The molecule has 4 aromatic heterocycles. The second kappa shape index (κ2) is 14.8. The predicted molar refractivity (Wildman–Crippen MR) is 201 cm³/mol. The highest BCUT2D eigenvalue weighted by Gasteiger charge is 2.40. The second-order valence-corrected chi connectivity index (χ2v) is 14.6. The molecule has 0 radical (unpaired) electrons. The summed E-state index contributed by atoms with van der Waals surface area (Å²) in [5.41, 5.74) is -16.8. The lowest BCUT2D eigenvalue weighted by Crippen LogP contribution is -2.11. The van der Waals surface area contributed by atoms with E-state index < -0.39 is 115 Å². The molecule has 8 bridgehead atoms. The molecule has 7 aromatic rings. The molecule has 4 nitrogen and oxygen atoms in total. The summed E-state index contributed by atoms with van der Waals surface area (Å²) in [6.07, 6.45) is -29.9. The van der Waals surface area contributed by atoms with Crippen LogP contribution in [0.15, 0.2) is 91.0 Å². The van der Waals surface area contributed by atoms with Crippen molar-refractivity contribution < 1.29 is 79.0 Å². The zero-order valence-electron chi connectivity index (χ0n) is 31.6. The Morgan fingerprint density at radius 1 is 0.277 bits per heavy atom. The first-order chi connectivity index (χ1) is 29.9. The quantitative estimate of drug-likeness (QED) is 0.152. The number of hydrogen-bond acceptors (Lipinski definition) is 1. The van der Waals surface area contributed by atoms with Crippen molar-refractivity contribution in [3.8, 4) is 33.4 Å². The summed E-state index contributed by atoms with van der Waals surface area (Å²) in [6, 6.07) is 8.12. The third-order valence-electron chi connectivity index (χ3n) is 10.2. The summed E-state index contributed by atoms with van der Waals surface area (Å²) in [7, 11) is 0. The average molecular weight is 935 g/mol. The predicted octanol–water partition coefficient (Wildman–Crippen LogP) is 15.8. The van der Waals surface area contributed by atoms with E-state index in [4.69, 9.17) is 0 Å². The summed E-state index contributed by atoms with van der Waals surface area (Å²) in [5.74, 6) is 0. The number of benzene rings is 3. The van der Waals surface area contributed by atoms with E-state index in [0.29, 0.717) is 36.4 Å². The monoisotopic (exact) mass is 934 g/mol. The van der Waals surface area contributed by atoms with Crippen LogP contribution in [-0.2, 0) is 37.1 Å². The molecule has 0 atom stereocenters. The number of hydrogen-bond donors (Lipinski definition) is 3. The van der Waals surface area contributed by atoms with Gasteiger partial charge in [0.05, 0.1) is 50.3 Å². The summed E-state index contributed by atoms with van der Waals surface area (Å²) in [5, 5.41) is 0. The Morgan fingerprint density at radius 2 is 0.508 bits per heavy atom. The lowest BCUT2D eigenvalue weighted by Gasteiger charge is -2.15. The topological polar surface area (TPSA) is 60.3 Å². The van der Waals surface area contributed by atoms with Gasteiger partial charge in [0.1, 0.15) is 0 Å². The van der Waals surface area contributed by atoms with Crippen LogP contribution in [0.2, 0.25) is 0 Å². The maximum absolute atomic E-state index is 14.3. The maximum atomic E-state index is 14.3. The minimum absolute atomic E-state index is 0.0316. The Balaban J connectivity index is 1.59. The van der Waals surface area contributed by atoms with Crippen molar-refractivity contribution >= 4 is 45.3 Å². The standard InChI is InChI=1S/C43H20F18N4/c44-38(45,46)21-9-18(10-22(15-21)39(47,48)49)35-29-3-1-27(62-29)28-2-4-30(63-28)36(19-11-23(40(50,51)52)16-24(12-19)41(53,54)55)32-6-8-34(65-32)37(33-7-5-31(35)64-33)20-13-25(42(56,57)58)17-26(14-20)43(59,60)61/h1-17,62,64-65H. The van der Waals surface area contributed by atoms with Gasteiger partial charge in [-0.05, 0) is 120 Å². The van der Waals surface area contributed by atoms with Crippen molar-refractivity contribution in [3.05, 3.63) is 136 Å². The van der Waals surface area contributed by atoms with Crippen LogP contribution in [0.1, 0.15) is 44.8 Å². The van der Waals surface area contributed by atoms with E-state index in [9.17, 15) is 79.0 Å². The number of alkyl halides is 18. The first-order valence-electron chi connectivity index (χ1n) is 18.2. The van der Waals surface area contributed by atoms with Gasteiger partial charge in [-0.15, -0.1) is 0 Å². The minimum atomic E-state index is -5.42. The summed E-state index contributed by atoms with van der Waals surface area (Å²) in [4.78, 5) is 12.5. The van der Waals surface area contributed by atoms with Gasteiger partial charge < -0.3 is 15.0 Å². The third kappa shape index (κ3) is 8.72. The van der Waals surface area contributed by atoms with Crippen molar-refractivity contribution in [1.29, 1.82) is 0 Å². The average Bonchev–Trinajstić information content (AvgIpc) is 4.02. The Labute approximate surface area is 350 Å². The van der Waals surface area contributed by atoms with Crippen molar-refractivity contribution in [2.75, 3.05) is 0 Å². The van der Waals surface area contributed by atoms with Crippen LogP contribution in [0, 0.1) is 0 Å². The number of aromatic nitrogens is 4. The van der Waals surface area contributed by atoms with Gasteiger partial charge in [0.15, 0.2) is 0 Å². The smallest absolute Gasteiger partial charge is 0.354 e. The lowest BCUT2D eigenvalue weighted by molar-refractivity contribution is -0.144. The molecular weight excluding hydrogens is 914 g/mol. The highest BCUT2D eigenvalue weighted by molar-refractivity contribution is 6.00. The second-order valence-electron chi connectivity index (χ2n) is 14.6. The van der Waals surface area contributed by atoms with Crippen molar-refractivity contribution in [2.24, 2.45) is 0 Å². The molecule has 3 aromatic carbocycles. The minimum Gasteiger partial charge on any atom is -0.354 e. The first-order valence-corrected chi connectivity index (χ1v) is 18.2. The normalized spacial score (nSPS) is 13.6. The molecule has 3 N–H and O–H groups in total. The van der Waals surface area contributed by atoms with E-state index in [1.165, 1.54) is 18.2 Å². The molecule has 0 saturated carbocycles. The number of halogens is 18. The molecule has 8 rings (SSSR count). The van der Waals surface area contributed by atoms with Crippen LogP contribution >= 0.6 is 0 Å². The van der Waals surface area contributed by atoms with E-state index in [-0.39, 0.29) is 51.7 Å². The van der Waals surface area contributed by atoms with Crippen LogP contribution in [0.4, 0.5) is 79.0 Å². The molecule has 0 spiro atoms. The number of rotatable bonds is 3. The lowest BCUT2D eigenvalue weighted by atomic mass is 9.98. The third-order valence-corrected chi connectivity index (χ3v) is 10.2. The van der Waals surface area contributed by atoms with Crippen LogP contribution in [-0.4, -0.2) is 19.9 Å². The van der Waals surface area contributed by atoms with Crippen LogP contribution in [0.3, 0.4) is 0 Å². The van der Waals surface area contributed by atoms with E-state index in [1.807, 2.05) is 0 Å². The fourth-order valence-electron chi connectivity index (χ4n) is 7.37. The summed E-state index contributed by atoms with van der Waals surface area (Å²) < 4.78 is 255. The van der Waals surface area contributed by atoms with Gasteiger partial charge in [0, 0.05) is 44.3 Å². The van der Waals surface area contributed by atoms with E-state index in [1.54, 1.807) is 0 Å². The van der Waals surface area contributed by atoms with E-state index >= 15 is 0 Å². The highest BCUT2D eigenvalue weighted by atomic mass is 19.4. The van der Waals surface area contributed by atoms with Crippen molar-refractivity contribution in [2.45, 2.75) is 37.1 Å². The zero-order chi connectivity index (χ0) is 47.4. The molecule has 65 heavy (non-hydrogen) atoms. The molecule has 22 heteroatoms. The number of aromatic amines is 3. The summed E-state index contributed by atoms with van der Waals surface area (Å²) in [6.45, 7) is 0. The van der Waals surface area contributed by atoms with Gasteiger partial charge in [-0.3, -0.25) is 0 Å². The first kappa shape index (κ1) is 44.7.